The largest absolute Gasteiger partial charge is 0.496 e. The van der Waals surface area contributed by atoms with E-state index in [9.17, 15) is 18.0 Å². The second-order valence-electron chi connectivity index (χ2n) is 8.47. The Morgan fingerprint density at radius 1 is 1.06 bits per heavy atom. The van der Waals surface area contributed by atoms with Crippen LogP contribution < -0.4 is 9.46 Å². The highest BCUT2D eigenvalue weighted by Crippen LogP contribution is 2.28. The van der Waals surface area contributed by atoms with Crippen LogP contribution in [0.4, 0.5) is 5.69 Å². The van der Waals surface area contributed by atoms with Gasteiger partial charge in [0.05, 0.1) is 28.8 Å². The number of piperidine rings is 1. The lowest BCUT2D eigenvalue weighted by molar-refractivity contribution is 0.0693. The molecular formula is C25H33N3O5S. The van der Waals surface area contributed by atoms with Crippen molar-refractivity contribution in [3.63, 3.8) is 0 Å². The Labute approximate surface area is 201 Å². The monoisotopic (exact) mass is 487 g/mol. The third-order valence-electron chi connectivity index (χ3n) is 6.23. The van der Waals surface area contributed by atoms with Crippen LogP contribution in [0.3, 0.4) is 0 Å². The number of methoxy groups -OCH3 is 1. The molecular weight excluding hydrogens is 454 g/mol. The van der Waals surface area contributed by atoms with Crippen molar-refractivity contribution in [3.05, 3.63) is 53.6 Å². The summed E-state index contributed by atoms with van der Waals surface area (Å²) in [7, 11) is -2.63. The van der Waals surface area contributed by atoms with E-state index in [0.29, 0.717) is 37.8 Å². The maximum atomic E-state index is 13.3. The highest BCUT2D eigenvalue weighted by Gasteiger charge is 2.27. The molecule has 1 aliphatic heterocycles. The van der Waals surface area contributed by atoms with Gasteiger partial charge in [-0.1, -0.05) is 19.1 Å². The molecule has 9 heteroatoms. The number of anilines is 1. The van der Waals surface area contributed by atoms with E-state index in [1.807, 2.05) is 13.8 Å². The number of sulfonamides is 1. The van der Waals surface area contributed by atoms with Gasteiger partial charge in [-0.15, -0.1) is 0 Å². The molecule has 0 bridgehead atoms. The maximum Gasteiger partial charge on any atom is 0.261 e. The molecule has 3 rings (SSSR count). The quantitative estimate of drug-likeness (QED) is 0.610. The summed E-state index contributed by atoms with van der Waals surface area (Å²) < 4.78 is 34.4. The molecule has 0 unspecified atom stereocenters. The van der Waals surface area contributed by atoms with Crippen molar-refractivity contribution in [2.75, 3.05) is 38.0 Å². The zero-order valence-corrected chi connectivity index (χ0v) is 21.0. The zero-order valence-electron chi connectivity index (χ0n) is 20.2. The number of likely N-dealkylation sites (tertiary alicyclic amines) is 1. The first kappa shape index (κ1) is 25.6. The van der Waals surface area contributed by atoms with Crippen molar-refractivity contribution in [1.29, 1.82) is 0 Å². The number of hydrogen-bond acceptors (Lipinski definition) is 5. The number of para-hydroxylation sites is 1. The molecule has 1 N–H and O–H groups in total. The molecule has 2 amide bonds. The summed E-state index contributed by atoms with van der Waals surface area (Å²) in [5, 5.41) is 0. The summed E-state index contributed by atoms with van der Waals surface area (Å²) in [6, 6.07) is 10.7. The molecule has 0 atom stereocenters. The molecule has 0 aliphatic carbocycles. The van der Waals surface area contributed by atoms with Crippen molar-refractivity contribution < 1.29 is 22.7 Å². The van der Waals surface area contributed by atoms with Crippen LogP contribution in [0.1, 0.15) is 54.3 Å². The van der Waals surface area contributed by atoms with Gasteiger partial charge < -0.3 is 14.5 Å². The normalized spacial score (nSPS) is 14.5. The minimum absolute atomic E-state index is 0.0767. The lowest BCUT2D eigenvalue weighted by Crippen LogP contribution is -2.38. The average Bonchev–Trinajstić information content (AvgIpc) is 2.84. The standard InChI is InChI=1S/C25H33N3O5S/c1-5-27(6-2)24(29)20-9-7-8-10-22(20)26-34(31,32)19-11-12-23(33-4)21(17-19)25(30)28-15-13-18(3)14-16-28/h7-12,17-18,26H,5-6,13-16H2,1-4H3. The Bertz CT molecular complexity index is 1140. The van der Waals surface area contributed by atoms with E-state index in [0.717, 1.165) is 12.8 Å². The third kappa shape index (κ3) is 5.52. The van der Waals surface area contributed by atoms with Gasteiger partial charge in [-0.2, -0.15) is 0 Å². The summed E-state index contributed by atoms with van der Waals surface area (Å²) in [6.07, 6.45) is 1.82. The van der Waals surface area contributed by atoms with E-state index in [4.69, 9.17) is 4.74 Å². The van der Waals surface area contributed by atoms with Gasteiger partial charge in [0, 0.05) is 26.2 Å². The molecule has 0 aromatic heterocycles. The number of carbonyl (C=O) groups excluding carboxylic acids is 2. The highest BCUT2D eigenvalue weighted by molar-refractivity contribution is 7.92. The minimum Gasteiger partial charge on any atom is -0.496 e. The first-order valence-corrected chi connectivity index (χ1v) is 13.1. The summed E-state index contributed by atoms with van der Waals surface area (Å²) in [6.45, 7) is 8.16. The predicted molar refractivity (Wildman–Crippen MR) is 132 cm³/mol. The van der Waals surface area contributed by atoms with E-state index in [1.54, 1.807) is 34.1 Å². The molecule has 0 saturated carbocycles. The smallest absolute Gasteiger partial charge is 0.261 e. The average molecular weight is 488 g/mol. The predicted octanol–water partition coefficient (Wildman–Crippen LogP) is 3.85. The molecule has 1 heterocycles. The Morgan fingerprint density at radius 2 is 1.71 bits per heavy atom. The van der Waals surface area contributed by atoms with Crippen LogP contribution >= 0.6 is 0 Å². The number of ether oxygens (including phenoxy) is 1. The van der Waals surface area contributed by atoms with Crippen LogP contribution in [0, 0.1) is 5.92 Å². The Kier molecular flexibility index (Phi) is 8.19. The molecule has 1 aliphatic rings. The summed E-state index contributed by atoms with van der Waals surface area (Å²) in [5.74, 6) is 0.367. The zero-order chi connectivity index (χ0) is 24.9. The number of hydrogen-bond donors (Lipinski definition) is 1. The number of nitrogens with zero attached hydrogens (tertiary/aromatic N) is 2. The third-order valence-corrected chi connectivity index (χ3v) is 7.60. The topological polar surface area (TPSA) is 96.0 Å². The molecule has 34 heavy (non-hydrogen) atoms. The molecule has 2 aromatic carbocycles. The summed E-state index contributed by atoms with van der Waals surface area (Å²) in [4.78, 5) is 29.4. The minimum atomic E-state index is -4.08. The Balaban J connectivity index is 1.93. The molecule has 1 saturated heterocycles. The van der Waals surface area contributed by atoms with Crippen LogP contribution in [0.25, 0.3) is 0 Å². The molecule has 0 spiro atoms. The Hall–Kier alpha value is -3.07. The number of amides is 2. The molecule has 1 fully saturated rings. The van der Waals surface area contributed by atoms with E-state index in [2.05, 4.69) is 11.6 Å². The second-order valence-corrected chi connectivity index (χ2v) is 10.1. The van der Waals surface area contributed by atoms with Gasteiger partial charge in [0.15, 0.2) is 0 Å². The van der Waals surface area contributed by atoms with Crippen molar-refractivity contribution in [2.45, 2.75) is 38.5 Å². The van der Waals surface area contributed by atoms with E-state index >= 15 is 0 Å². The first-order valence-electron chi connectivity index (χ1n) is 11.6. The van der Waals surface area contributed by atoms with Gasteiger partial charge in [0.1, 0.15) is 5.75 Å². The number of carbonyl (C=O) groups is 2. The van der Waals surface area contributed by atoms with Crippen LogP contribution in [0.2, 0.25) is 0 Å². The molecule has 2 aromatic rings. The lowest BCUT2D eigenvalue weighted by atomic mass is 9.98. The van der Waals surface area contributed by atoms with Crippen molar-refractivity contribution in [1.82, 2.24) is 9.80 Å². The van der Waals surface area contributed by atoms with Crippen LogP contribution in [-0.2, 0) is 10.0 Å². The SMILES string of the molecule is CCN(CC)C(=O)c1ccccc1NS(=O)(=O)c1ccc(OC)c(C(=O)N2CCC(C)CC2)c1. The van der Waals surface area contributed by atoms with Gasteiger partial charge in [-0.25, -0.2) is 8.42 Å². The fourth-order valence-electron chi connectivity index (χ4n) is 4.05. The molecule has 184 valence electrons. The molecule has 8 nitrogen and oxygen atoms in total. The molecule has 0 radical (unpaired) electrons. The number of nitrogens with one attached hydrogen (secondary N) is 1. The number of rotatable bonds is 8. The van der Waals surface area contributed by atoms with Crippen molar-refractivity contribution in [2.24, 2.45) is 5.92 Å². The fraction of sp³-hybridized carbons (Fsp3) is 0.440. The van der Waals surface area contributed by atoms with Crippen LogP contribution in [0.15, 0.2) is 47.4 Å². The van der Waals surface area contributed by atoms with Gasteiger partial charge in [-0.3, -0.25) is 14.3 Å². The maximum absolute atomic E-state index is 13.3. The van der Waals surface area contributed by atoms with E-state index in [-0.39, 0.29) is 33.5 Å². The van der Waals surface area contributed by atoms with Gasteiger partial charge >= 0.3 is 0 Å². The summed E-state index contributed by atoms with van der Waals surface area (Å²) >= 11 is 0. The Morgan fingerprint density at radius 3 is 2.32 bits per heavy atom. The first-order chi connectivity index (χ1) is 16.2. The highest BCUT2D eigenvalue weighted by atomic mass is 32.2. The summed E-state index contributed by atoms with van der Waals surface area (Å²) in [5.41, 5.74) is 0.655. The van der Waals surface area contributed by atoms with E-state index in [1.165, 1.54) is 25.3 Å². The van der Waals surface area contributed by atoms with Crippen LogP contribution in [-0.4, -0.2) is 63.3 Å². The van der Waals surface area contributed by atoms with Gasteiger partial charge in [-0.05, 0) is 62.9 Å². The van der Waals surface area contributed by atoms with Gasteiger partial charge in [0.25, 0.3) is 21.8 Å². The van der Waals surface area contributed by atoms with E-state index < -0.39 is 10.0 Å². The number of benzene rings is 2. The van der Waals surface area contributed by atoms with Crippen LogP contribution in [0.5, 0.6) is 5.75 Å². The van der Waals surface area contributed by atoms with Crippen molar-refractivity contribution in [3.8, 4) is 5.75 Å². The lowest BCUT2D eigenvalue weighted by Gasteiger charge is -2.30. The fourth-order valence-corrected chi connectivity index (χ4v) is 5.15. The van der Waals surface area contributed by atoms with Crippen molar-refractivity contribution >= 4 is 27.5 Å². The van der Waals surface area contributed by atoms with Gasteiger partial charge in [0.2, 0.25) is 0 Å². The second kappa shape index (κ2) is 10.9.